The molecule has 0 saturated heterocycles. The normalized spacial score (nSPS) is 14.8. The van der Waals surface area contributed by atoms with Crippen LogP contribution in [0.1, 0.15) is 0 Å². The fraction of sp³-hybridized carbons (Fsp3) is 0. The minimum Gasteiger partial charge on any atom is -0.227 e. The molecule has 0 rings (SSSR count). The highest BCUT2D eigenvalue weighted by molar-refractivity contribution is 7.77. The second-order valence-corrected chi connectivity index (χ2v) is 1.07. The Morgan fingerprint density at radius 3 is 2.00 bits per heavy atom. The number of hydrogen-bond donors (Lipinski definition) is 2. The molecule has 0 aromatic heterocycles. The van der Waals surface area contributed by atoms with Crippen molar-refractivity contribution in [1.82, 2.24) is 0 Å². The van der Waals surface area contributed by atoms with Crippen molar-refractivity contribution in [3.63, 3.8) is 0 Å². The van der Waals surface area contributed by atoms with E-state index in [0.717, 1.165) is 0 Å². The Bertz CT molecular complexity index is 42.9. The molecule has 1 atom stereocenters. The van der Waals surface area contributed by atoms with Gasteiger partial charge in [-0.05, 0) is 0 Å². The molecule has 0 aromatic carbocycles. The minimum absolute atomic E-state index is 1.79. The van der Waals surface area contributed by atoms with E-state index in [4.69, 9.17) is 0 Å². The van der Waals surface area contributed by atoms with Gasteiger partial charge in [0.25, 0.3) is 0 Å². The van der Waals surface area contributed by atoms with E-state index >= 15 is 0 Å². The Morgan fingerprint density at radius 1 is 1.80 bits per heavy atom. The molecule has 0 spiro atoms. The zero-order valence-electron chi connectivity index (χ0n) is 2.38. The topological polar surface area (TPSA) is 78.3 Å². The molecule has 0 aromatic rings. The van der Waals surface area contributed by atoms with Crippen LogP contribution in [-0.4, -0.2) is 4.21 Å². The lowest BCUT2D eigenvalue weighted by atomic mass is 13.6. The molecule has 0 radical (unpaired) electrons. The van der Waals surface area contributed by atoms with Gasteiger partial charge < -0.3 is 0 Å². The Kier molecular flexibility index (Phi) is 2.29. The summed E-state index contributed by atoms with van der Waals surface area (Å²) in [5, 5.41) is 4.42. The first-order valence-electron chi connectivity index (χ1n) is 0.805. The van der Waals surface area contributed by atoms with Gasteiger partial charge in [-0.15, -0.1) is 0 Å². The van der Waals surface area contributed by atoms with Crippen LogP contribution in [0.3, 0.4) is 0 Å². The van der Waals surface area contributed by atoms with Gasteiger partial charge in [-0.1, -0.05) is 0 Å². The monoisotopic (exact) mass is 96.0 g/mol. The van der Waals surface area contributed by atoms with E-state index in [9.17, 15) is 4.21 Å². The first-order chi connectivity index (χ1) is 2.27. The minimum atomic E-state index is -1.79. The summed E-state index contributed by atoms with van der Waals surface area (Å²) < 4.78 is 12.9. The summed E-state index contributed by atoms with van der Waals surface area (Å²) in [5.41, 5.74) is 0. The van der Waals surface area contributed by atoms with Gasteiger partial charge in [-0.3, -0.25) is 0 Å². The van der Waals surface area contributed by atoms with Gasteiger partial charge >= 0.3 is 0 Å². The lowest BCUT2D eigenvalue weighted by Crippen LogP contribution is -2.10. The number of nitrogens with two attached hydrogens (primary N) is 2. The second-order valence-electron chi connectivity index (χ2n) is 0.357. The van der Waals surface area contributed by atoms with Gasteiger partial charge in [-0.2, -0.15) is 10.2 Å². The zero-order valence-corrected chi connectivity index (χ0v) is 3.20. The molecule has 0 aliphatic rings. The lowest BCUT2D eigenvalue weighted by molar-refractivity contribution is 0.367. The molecule has 0 fully saturated rings. The van der Waals surface area contributed by atoms with Gasteiger partial charge in [0.15, 0.2) is 0 Å². The summed E-state index contributed by atoms with van der Waals surface area (Å²) >= 11 is -1.79. The molecule has 0 amide bonds. The van der Waals surface area contributed by atoms with Gasteiger partial charge in [0.2, 0.25) is 11.3 Å². The van der Waals surface area contributed by atoms with E-state index in [1.54, 1.807) is 0 Å². The smallest absolute Gasteiger partial charge is 0.227 e. The maximum absolute atomic E-state index is 9.35. The van der Waals surface area contributed by atoms with Crippen molar-refractivity contribution in [2.45, 2.75) is 0 Å². The molecule has 32 valence electrons. The highest BCUT2D eigenvalue weighted by Crippen LogP contribution is 1.51. The highest BCUT2D eigenvalue weighted by atomic mass is 32.2. The van der Waals surface area contributed by atoms with Crippen LogP contribution in [0, 0.1) is 0 Å². The molecule has 0 bridgehead atoms. The third-order valence-corrected chi connectivity index (χ3v) is 0.285. The standard InChI is InChI=1S/H4N2O2S/c1-4-5(2)3/h1-2H2. The van der Waals surface area contributed by atoms with Crippen molar-refractivity contribution in [2.24, 2.45) is 11.0 Å². The summed E-state index contributed by atoms with van der Waals surface area (Å²) in [4.78, 5) is 0. The van der Waals surface area contributed by atoms with E-state index in [2.05, 4.69) is 15.3 Å². The summed E-state index contributed by atoms with van der Waals surface area (Å²) in [7, 11) is 0. The van der Waals surface area contributed by atoms with E-state index in [1.165, 1.54) is 0 Å². The fourth-order valence-corrected chi connectivity index (χ4v) is 0. The van der Waals surface area contributed by atoms with Crippen molar-refractivity contribution < 1.29 is 8.49 Å². The first kappa shape index (κ1) is 5.03. The van der Waals surface area contributed by atoms with Gasteiger partial charge in [0, 0.05) is 0 Å². The molecular formula is H4N2O2S. The van der Waals surface area contributed by atoms with Crippen molar-refractivity contribution >= 4 is 11.3 Å². The third-order valence-electron chi connectivity index (χ3n) is 0.0948. The predicted octanol–water partition coefficient (Wildman–Crippen LogP) is -1.59. The van der Waals surface area contributed by atoms with Crippen LogP contribution in [0.15, 0.2) is 0 Å². The Balaban J connectivity index is 2.85. The Hall–Kier alpha value is 0.0300. The second kappa shape index (κ2) is 2.28. The molecule has 0 heterocycles. The van der Waals surface area contributed by atoms with Crippen LogP contribution in [0.25, 0.3) is 0 Å². The quantitative estimate of drug-likeness (QED) is 0.386. The van der Waals surface area contributed by atoms with Gasteiger partial charge in [0.1, 0.15) is 0 Å². The van der Waals surface area contributed by atoms with E-state index in [0.29, 0.717) is 0 Å². The Morgan fingerprint density at radius 2 is 2.00 bits per heavy atom. The summed E-state index contributed by atoms with van der Waals surface area (Å²) in [5.74, 6) is 4.25. The van der Waals surface area contributed by atoms with Gasteiger partial charge in [-0.25, -0.2) is 9.35 Å². The lowest BCUT2D eigenvalue weighted by Gasteiger charge is -1.77. The SMILES string of the molecule is NOS(N)=O. The highest BCUT2D eigenvalue weighted by Gasteiger charge is 1.73. The van der Waals surface area contributed by atoms with Crippen LogP contribution in [0.2, 0.25) is 0 Å². The first-order valence-corrected chi connectivity index (χ1v) is 1.94. The third kappa shape index (κ3) is 4.03. The van der Waals surface area contributed by atoms with Gasteiger partial charge in [0.05, 0.1) is 0 Å². The van der Waals surface area contributed by atoms with E-state index in [-0.39, 0.29) is 0 Å². The molecule has 0 saturated carbocycles. The van der Waals surface area contributed by atoms with E-state index < -0.39 is 11.3 Å². The molecule has 5 heteroatoms. The van der Waals surface area contributed by atoms with Crippen LogP contribution in [0.5, 0.6) is 0 Å². The number of hydrogen-bond acceptors (Lipinski definition) is 3. The number of rotatable bonds is 1. The average Bonchev–Trinajstić information content (AvgIpc) is 1.38. The predicted molar refractivity (Wildman–Crippen MR) is 17.6 cm³/mol. The largest absolute Gasteiger partial charge is 0.248 e. The molecule has 0 aliphatic carbocycles. The van der Waals surface area contributed by atoms with Crippen LogP contribution < -0.4 is 11.0 Å². The van der Waals surface area contributed by atoms with E-state index in [1.807, 2.05) is 0 Å². The summed E-state index contributed by atoms with van der Waals surface area (Å²) in [6, 6.07) is 0. The maximum atomic E-state index is 9.35. The summed E-state index contributed by atoms with van der Waals surface area (Å²) in [6.45, 7) is 0. The molecule has 4 nitrogen and oxygen atoms in total. The van der Waals surface area contributed by atoms with Crippen molar-refractivity contribution in [3.8, 4) is 0 Å². The molecule has 5 heavy (non-hydrogen) atoms. The average molecular weight is 96.1 g/mol. The van der Waals surface area contributed by atoms with Crippen LogP contribution in [-0.2, 0) is 15.6 Å². The maximum Gasteiger partial charge on any atom is 0.248 e. The molecule has 1 unspecified atom stereocenters. The molecular weight excluding hydrogens is 92.1 g/mol. The van der Waals surface area contributed by atoms with Crippen molar-refractivity contribution in [1.29, 1.82) is 0 Å². The van der Waals surface area contributed by atoms with Crippen molar-refractivity contribution in [3.05, 3.63) is 0 Å². The van der Waals surface area contributed by atoms with Crippen LogP contribution >= 0.6 is 0 Å². The summed E-state index contributed by atoms with van der Waals surface area (Å²) in [6.07, 6.45) is 0. The zero-order chi connectivity index (χ0) is 4.28. The van der Waals surface area contributed by atoms with Crippen LogP contribution in [0.4, 0.5) is 0 Å². The van der Waals surface area contributed by atoms with Crippen molar-refractivity contribution in [2.75, 3.05) is 0 Å². The molecule has 4 N–H and O–H groups in total. The fourth-order valence-electron chi connectivity index (χ4n) is 0. The Labute approximate surface area is 31.8 Å². The molecule has 0 aliphatic heterocycles.